The molecular weight excluding hydrogens is 346 g/mol. The van der Waals surface area contributed by atoms with Gasteiger partial charge < -0.3 is 9.32 Å². The minimum Gasteiger partial charge on any atom is -0.451 e. The lowest BCUT2D eigenvalue weighted by atomic mass is 10.2. The van der Waals surface area contributed by atoms with Crippen LogP contribution >= 0.6 is 15.9 Å². The van der Waals surface area contributed by atoms with Crippen LogP contribution in [-0.4, -0.2) is 33.7 Å². The number of benzene rings is 1. The minimum atomic E-state index is -0.0510. The van der Waals surface area contributed by atoms with Gasteiger partial charge in [-0.15, -0.1) is 0 Å². The van der Waals surface area contributed by atoms with E-state index in [9.17, 15) is 4.79 Å². The van der Waals surface area contributed by atoms with Gasteiger partial charge >= 0.3 is 0 Å². The zero-order valence-electron chi connectivity index (χ0n) is 11.8. The Hall–Kier alpha value is -2.08. The smallest absolute Gasteiger partial charge is 0.289 e. The fraction of sp³-hybridized carbons (Fsp3) is 0.250. The number of carbonyl (C=O) groups is 1. The summed E-state index contributed by atoms with van der Waals surface area (Å²) < 4.78 is 8.53. The number of hydrogen-bond donors (Lipinski definition) is 0. The molecule has 1 aliphatic rings. The molecule has 1 aliphatic heterocycles. The molecule has 1 amide bonds. The maximum absolute atomic E-state index is 12.6. The molecule has 1 fully saturated rings. The van der Waals surface area contributed by atoms with Gasteiger partial charge in [-0.25, -0.2) is 0 Å². The van der Waals surface area contributed by atoms with Gasteiger partial charge in [0.1, 0.15) is 5.58 Å². The van der Waals surface area contributed by atoms with Crippen LogP contribution in [-0.2, 0) is 0 Å². The van der Waals surface area contributed by atoms with Gasteiger partial charge in [0.25, 0.3) is 5.91 Å². The molecule has 5 nitrogen and oxygen atoms in total. The Morgan fingerprint density at radius 3 is 3.00 bits per heavy atom. The summed E-state index contributed by atoms with van der Waals surface area (Å²) in [5.74, 6) is 0.355. The Kier molecular flexibility index (Phi) is 3.26. The molecular formula is C16H14BrN3O2. The largest absolute Gasteiger partial charge is 0.451 e. The predicted octanol–water partition coefficient (Wildman–Crippen LogP) is 3.48. The summed E-state index contributed by atoms with van der Waals surface area (Å²) in [7, 11) is 0. The van der Waals surface area contributed by atoms with Crippen molar-refractivity contribution in [2.45, 2.75) is 12.5 Å². The Morgan fingerprint density at radius 2 is 2.23 bits per heavy atom. The molecule has 1 saturated heterocycles. The van der Waals surface area contributed by atoms with Crippen LogP contribution in [0, 0.1) is 0 Å². The van der Waals surface area contributed by atoms with Crippen LogP contribution in [0.3, 0.4) is 0 Å². The molecule has 0 saturated carbocycles. The molecule has 0 N–H and O–H groups in total. The fourth-order valence-electron chi connectivity index (χ4n) is 2.90. The van der Waals surface area contributed by atoms with Gasteiger partial charge in [0, 0.05) is 24.7 Å². The van der Waals surface area contributed by atoms with Gasteiger partial charge in [-0.05, 0) is 34.5 Å². The summed E-state index contributed by atoms with van der Waals surface area (Å²) >= 11 is 3.40. The number of rotatable bonds is 2. The van der Waals surface area contributed by atoms with Gasteiger partial charge in [0.2, 0.25) is 0 Å². The number of furan rings is 1. The summed E-state index contributed by atoms with van der Waals surface area (Å²) in [6, 6.07) is 9.70. The van der Waals surface area contributed by atoms with Crippen molar-refractivity contribution in [1.29, 1.82) is 0 Å². The summed E-state index contributed by atoms with van der Waals surface area (Å²) in [6.07, 6.45) is 4.61. The maximum atomic E-state index is 12.6. The molecule has 3 aromatic rings. The highest BCUT2D eigenvalue weighted by molar-refractivity contribution is 9.10. The molecule has 4 rings (SSSR count). The summed E-state index contributed by atoms with van der Waals surface area (Å²) in [6.45, 7) is 1.38. The topological polar surface area (TPSA) is 51.3 Å². The second-order valence-corrected chi connectivity index (χ2v) is 6.40. The maximum Gasteiger partial charge on any atom is 0.289 e. The first-order valence-corrected chi connectivity index (χ1v) is 7.97. The van der Waals surface area contributed by atoms with E-state index < -0.39 is 0 Å². The molecule has 3 heterocycles. The van der Waals surface area contributed by atoms with E-state index in [1.165, 1.54) is 0 Å². The third-order valence-corrected chi connectivity index (χ3v) is 4.44. The second-order valence-electron chi connectivity index (χ2n) is 5.48. The van der Waals surface area contributed by atoms with E-state index in [2.05, 4.69) is 21.0 Å². The van der Waals surface area contributed by atoms with Crippen molar-refractivity contribution in [3.63, 3.8) is 0 Å². The van der Waals surface area contributed by atoms with Crippen molar-refractivity contribution in [2.24, 2.45) is 0 Å². The molecule has 6 heteroatoms. The van der Waals surface area contributed by atoms with Crippen molar-refractivity contribution in [3.05, 3.63) is 53.0 Å². The number of carbonyl (C=O) groups excluding carboxylic acids is 1. The number of fused-ring (bicyclic) bond motifs is 1. The van der Waals surface area contributed by atoms with Crippen LogP contribution in [0.25, 0.3) is 11.0 Å². The third-order valence-electron chi connectivity index (χ3n) is 4.03. The number of hydrogen-bond acceptors (Lipinski definition) is 3. The SMILES string of the molecule is O=C(c1cc2ccccc2o1)N1CCC(n2cc(Br)cn2)C1. The van der Waals surface area contributed by atoms with E-state index in [-0.39, 0.29) is 11.9 Å². The van der Waals surface area contributed by atoms with Crippen molar-refractivity contribution in [2.75, 3.05) is 13.1 Å². The first-order valence-electron chi connectivity index (χ1n) is 7.18. The molecule has 2 aromatic heterocycles. The first kappa shape index (κ1) is 13.6. The molecule has 0 bridgehead atoms. The van der Waals surface area contributed by atoms with E-state index in [1.54, 1.807) is 6.20 Å². The normalized spacial score (nSPS) is 18.2. The fourth-order valence-corrected chi connectivity index (χ4v) is 3.20. The van der Waals surface area contributed by atoms with Crippen LogP contribution in [0.15, 0.2) is 51.6 Å². The average molecular weight is 360 g/mol. The van der Waals surface area contributed by atoms with Gasteiger partial charge in [-0.2, -0.15) is 5.10 Å². The molecule has 0 radical (unpaired) electrons. The highest BCUT2D eigenvalue weighted by Gasteiger charge is 2.30. The Balaban J connectivity index is 1.53. The Bertz CT molecular complexity index is 806. The van der Waals surface area contributed by atoms with Crippen molar-refractivity contribution in [3.8, 4) is 0 Å². The lowest BCUT2D eigenvalue weighted by Gasteiger charge is -2.15. The molecule has 1 aromatic carbocycles. The van der Waals surface area contributed by atoms with Crippen molar-refractivity contribution < 1.29 is 9.21 Å². The summed E-state index contributed by atoms with van der Waals surface area (Å²) in [5.41, 5.74) is 0.748. The molecule has 0 spiro atoms. The monoisotopic (exact) mass is 359 g/mol. The Morgan fingerprint density at radius 1 is 1.36 bits per heavy atom. The zero-order valence-corrected chi connectivity index (χ0v) is 13.4. The van der Waals surface area contributed by atoms with Crippen molar-refractivity contribution >= 4 is 32.8 Å². The van der Waals surface area contributed by atoms with E-state index in [1.807, 2.05) is 46.1 Å². The lowest BCUT2D eigenvalue weighted by molar-refractivity contribution is 0.0758. The van der Waals surface area contributed by atoms with Crippen LogP contribution < -0.4 is 0 Å². The second kappa shape index (κ2) is 5.28. The molecule has 0 aliphatic carbocycles. The Labute approximate surface area is 135 Å². The number of para-hydroxylation sites is 1. The molecule has 112 valence electrons. The predicted molar refractivity (Wildman–Crippen MR) is 85.7 cm³/mol. The standard InChI is InChI=1S/C16H14BrN3O2/c17-12-8-18-20(9-12)13-5-6-19(10-13)16(21)15-7-11-3-1-2-4-14(11)22-15/h1-4,7-9,13H,5-6,10H2. The molecule has 1 atom stereocenters. The zero-order chi connectivity index (χ0) is 15.1. The number of nitrogens with zero attached hydrogens (tertiary/aromatic N) is 3. The number of halogens is 1. The molecule has 1 unspecified atom stereocenters. The summed E-state index contributed by atoms with van der Waals surface area (Å²) in [5, 5.41) is 5.26. The van der Waals surface area contributed by atoms with Crippen LogP contribution in [0.4, 0.5) is 0 Å². The highest BCUT2D eigenvalue weighted by atomic mass is 79.9. The third kappa shape index (κ3) is 2.33. The van der Waals surface area contributed by atoms with Gasteiger partial charge in [-0.1, -0.05) is 18.2 Å². The average Bonchev–Trinajstić information content (AvgIpc) is 3.24. The molecule has 22 heavy (non-hydrogen) atoms. The quantitative estimate of drug-likeness (QED) is 0.703. The summed E-state index contributed by atoms with van der Waals surface area (Å²) in [4.78, 5) is 14.4. The van der Waals surface area contributed by atoms with Crippen LogP contribution in [0.2, 0.25) is 0 Å². The highest BCUT2D eigenvalue weighted by Crippen LogP contribution is 2.26. The van der Waals surface area contributed by atoms with E-state index >= 15 is 0 Å². The van der Waals surface area contributed by atoms with Gasteiger partial charge in [0.15, 0.2) is 5.76 Å². The van der Waals surface area contributed by atoms with E-state index in [4.69, 9.17) is 4.42 Å². The van der Waals surface area contributed by atoms with Gasteiger partial charge in [0.05, 0.1) is 16.7 Å². The minimum absolute atomic E-state index is 0.0510. The first-order chi connectivity index (χ1) is 10.7. The van der Waals surface area contributed by atoms with Crippen molar-refractivity contribution in [1.82, 2.24) is 14.7 Å². The van der Waals surface area contributed by atoms with Crippen LogP contribution in [0.1, 0.15) is 23.0 Å². The van der Waals surface area contributed by atoms with Crippen LogP contribution in [0.5, 0.6) is 0 Å². The number of amides is 1. The van der Waals surface area contributed by atoms with E-state index in [0.717, 1.165) is 28.4 Å². The number of likely N-dealkylation sites (tertiary alicyclic amines) is 1. The lowest BCUT2D eigenvalue weighted by Crippen LogP contribution is -2.28. The van der Waals surface area contributed by atoms with Gasteiger partial charge in [-0.3, -0.25) is 9.48 Å². The number of aromatic nitrogens is 2. The van der Waals surface area contributed by atoms with E-state index in [0.29, 0.717) is 12.3 Å².